The van der Waals surface area contributed by atoms with Gasteiger partial charge < -0.3 is 15.2 Å². The van der Waals surface area contributed by atoms with Gasteiger partial charge in [0.25, 0.3) is 5.91 Å². The molecule has 7 nitrogen and oxygen atoms in total. The van der Waals surface area contributed by atoms with Gasteiger partial charge in [-0.15, -0.1) is 0 Å². The molecule has 0 aliphatic carbocycles. The number of nitro groups is 1. The first-order valence-corrected chi connectivity index (χ1v) is 6.76. The highest BCUT2D eigenvalue weighted by molar-refractivity contribution is 7.13. The van der Waals surface area contributed by atoms with E-state index in [1.54, 1.807) is 12.1 Å². The lowest BCUT2D eigenvalue weighted by Crippen LogP contribution is -2.22. The molecule has 2 aromatic rings. The summed E-state index contributed by atoms with van der Waals surface area (Å²) in [6.07, 6.45) is 0. The molecule has 0 fully saturated rings. The molecule has 1 heterocycles. The zero-order valence-corrected chi connectivity index (χ0v) is 11.8. The number of thiophene rings is 1. The van der Waals surface area contributed by atoms with Crippen LogP contribution in [0.3, 0.4) is 0 Å². The van der Waals surface area contributed by atoms with Gasteiger partial charge in [-0.3, -0.25) is 14.9 Å². The van der Waals surface area contributed by atoms with Crippen molar-refractivity contribution >= 4 is 22.2 Å². The van der Waals surface area contributed by atoms with Gasteiger partial charge in [0.15, 0.2) is 11.5 Å². The van der Waals surface area contributed by atoms with Crippen molar-refractivity contribution in [2.75, 3.05) is 7.11 Å². The van der Waals surface area contributed by atoms with Crippen molar-refractivity contribution in [3.05, 3.63) is 50.9 Å². The first-order valence-electron chi connectivity index (χ1n) is 5.88. The molecule has 110 valence electrons. The highest BCUT2D eigenvalue weighted by Gasteiger charge is 2.14. The summed E-state index contributed by atoms with van der Waals surface area (Å²) in [5, 5.41) is 24.0. The van der Waals surface area contributed by atoms with E-state index in [9.17, 15) is 20.0 Å². The molecule has 1 aromatic heterocycles. The lowest BCUT2D eigenvalue weighted by atomic mass is 10.2. The van der Waals surface area contributed by atoms with Crippen LogP contribution in [0.4, 0.5) is 5.00 Å². The summed E-state index contributed by atoms with van der Waals surface area (Å²) < 4.78 is 4.97. The number of nitrogens with one attached hydrogen (secondary N) is 1. The van der Waals surface area contributed by atoms with E-state index < -0.39 is 10.8 Å². The van der Waals surface area contributed by atoms with Gasteiger partial charge in [0, 0.05) is 18.0 Å². The Morgan fingerprint density at radius 2 is 2.24 bits per heavy atom. The molecule has 0 saturated heterocycles. The maximum absolute atomic E-state index is 11.9. The number of phenolic OH excluding ortho intramolecular Hbond substituents is 1. The Labute approximate surface area is 123 Å². The molecule has 0 aliphatic rings. The summed E-state index contributed by atoms with van der Waals surface area (Å²) in [5.41, 5.74) is 0.986. The number of methoxy groups -OCH3 is 1. The summed E-state index contributed by atoms with van der Waals surface area (Å²) in [6, 6.07) is 5.95. The molecule has 0 radical (unpaired) electrons. The van der Waals surface area contributed by atoms with E-state index >= 15 is 0 Å². The average molecular weight is 308 g/mol. The minimum Gasteiger partial charge on any atom is -0.504 e. The van der Waals surface area contributed by atoms with E-state index in [0.29, 0.717) is 5.75 Å². The molecule has 8 heteroatoms. The van der Waals surface area contributed by atoms with Crippen LogP contribution in [-0.4, -0.2) is 23.0 Å². The number of benzene rings is 1. The monoisotopic (exact) mass is 308 g/mol. The maximum atomic E-state index is 11.9. The topological polar surface area (TPSA) is 102 Å². The van der Waals surface area contributed by atoms with Crippen LogP contribution in [0.5, 0.6) is 11.5 Å². The number of carbonyl (C=O) groups is 1. The van der Waals surface area contributed by atoms with Crippen LogP contribution in [0.15, 0.2) is 29.6 Å². The van der Waals surface area contributed by atoms with Crippen molar-refractivity contribution in [1.29, 1.82) is 0 Å². The number of aromatic hydroxyl groups is 1. The molecule has 0 unspecified atom stereocenters. The third-order valence-electron chi connectivity index (χ3n) is 2.72. The third-order valence-corrected chi connectivity index (χ3v) is 3.61. The molecule has 0 saturated carbocycles. The van der Waals surface area contributed by atoms with Crippen molar-refractivity contribution < 1.29 is 19.6 Å². The van der Waals surface area contributed by atoms with Gasteiger partial charge in [-0.05, 0) is 17.7 Å². The van der Waals surface area contributed by atoms with Gasteiger partial charge in [0.1, 0.15) is 0 Å². The predicted octanol–water partition coefficient (Wildman–Crippen LogP) is 2.30. The number of rotatable bonds is 5. The molecule has 21 heavy (non-hydrogen) atoms. The zero-order valence-electron chi connectivity index (χ0n) is 11.0. The summed E-state index contributed by atoms with van der Waals surface area (Å²) in [7, 11) is 1.43. The van der Waals surface area contributed by atoms with Crippen LogP contribution >= 0.6 is 11.3 Å². The Morgan fingerprint density at radius 3 is 2.86 bits per heavy atom. The predicted molar refractivity (Wildman–Crippen MR) is 76.8 cm³/mol. The van der Waals surface area contributed by atoms with E-state index in [2.05, 4.69) is 5.32 Å². The zero-order chi connectivity index (χ0) is 15.4. The first-order chi connectivity index (χ1) is 10.0. The molecular weight excluding hydrogens is 296 g/mol. The smallest absolute Gasteiger partial charge is 0.324 e. The molecule has 2 rings (SSSR count). The first kappa shape index (κ1) is 14.8. The van der Waals surface area contributed by atoms with E-state index in [-0.39, 0.29) is 22.9 Å². The number of ether oxygens (including phenoxy) is 1. The number of phenols is 1. The number of nitrogens with zero attached hydrogens (tertiary/aromatic N) is 1. The molecular formula is C13H12N2O5S. The number of hydrogen-bond acceptors (Lipinski definition) is 6. The molecule has 0 atom stereocenters. The fraction of sp³-hybridized carbons (Fsp3) is 0.154. The van der Waals surface area contributed by atoms with Crippen LogP contribution in [0, 0.1) is 10.1 Å². The van der Waals surface area contributed by atoms with Crippen molar-refractivity contribution in [3.63, 3.8) is 0 Å². The Hall–Kier alpha value is -2.61. The average Bonchev–Trinajstić information content (AvgIpc) is 2.96. The lowest BCUT2D eigenvalue weighted by molar-refractivity contribution is -0.380. The molecule has 0 bridgehead atoms. The van der Waals surface area contributed by atoms with Crippen LogP contribution in [0.25, 0.3) is 0 Å². The van der Waals surface area contributed by atoms with Crippen molar-refractivity contribution in [2.24, 2.45) is 0 Å². The van der Waals surface area contributed by atoms with Gasteiger partial charge in [0.05, 0.1) is 17.6 Å². The van der Waals surface area contributed by atoms with Gasteiger partial charge in [-0.1, -0.05) is 17.4 Å². The normalized spacial score (nSPS) is 10.1. The quantitative estimate of drug-likeness (QED) is 0.652. The van der Waals surface area contributed by atoms with E-state index in [1.807, 2.05) is 0 Å². The summed E-state index contributed by atoms with van der Waals surface area (Å²) in [5.74, 6) is -0.0691. The maximum Gasteiger partial charge on any atom is 0.324 e. The second-order valence-corrected chi connectivity index (χ2v) is 5.01. The fourth-order valence-electron chi connectivity index (χ4n) is 1.66. The highest BCUT2D eigenvalue weighted by Crippen LogP contribution is 2.26. The minimum atomic E-state index is -0.535. The van der Waals surface area contributed by atoms with Crippen molar-refractivity contribution in [1.82, 2.24) is 5.32 Å². The van der Waals surface area contributed by atoms with Crippen molar-refractivity contribution in [3.8, 4) is 11.5 Å². The third kappa shape index (κ3) is 3.48. The summed E-state index contributed by atoms with van der Waals surface area (Å²) >= 11 is 0.903. The summed E-state index contributed by atoms with van der Waals surface area (Å²) in [6.45, 7) is 0.221. The van der Waals surface area contributed by atoms with Gasteiger partial charge in [-0.2, -0.15) is 0 Å². The fourth-order valence-corrected chi connectivity index (χ4v) is 2.36. The Bertz CT molecular complexity index is 683. The number of carbonyl (C=O) groups excluding carboxylic acids is 1. The second kappa shape index (κ2) is 6.23. The standard InChI is InChI=1S/C13H12N2O5S/c1-20-11-4-8(2-3-10(11)16)6-14-13(17)9-5-12(15(18)19)21-7-9/h2-5,7,16H,6H2,1H3,(H,14,17). The van der Waals surface area contributed by atoms with Gasteiger partial charge in [-0.25, -0.2) is 0 Å². The minimum absolute atomic E-state index is 0.0148. The van der Waals surface area contributed by atoms with Crippen molar-refractivity contribution in [2.45, 2.75) is 6.54 Å². The Kier molecular flexibility index (Phi) is 4.39. The van der Waals surface area contributed by atoms with Crippen LogP contribution in [0.2, 0.25) is 0 Å². The Balaban J connectivity index is 2.01. The number of hydrogen-bond donors (Lipinski definition) is 2. The lowest BCUT2D eigenvalue weighted by Gasteiger charge is -2.07. The largest absolute Gasteiger partial charge is 0.504 e. The Morgan fingerprint density at radius 1 is 1.48 bits per heavy atom. The van der Waals surface area contributed by atoms with Crippen LogP contribution in [0.1, 0.15) is 15.9 Å². The van der Waals surface area contributed by atoms with E-state index in [4.69, 9.17) is 4.74 Å². The molecule has 2 N–H and O–H groups in total. The molecule has 0 aliphatic heterocycles. The molecule has 1 amide bonds. The SMILES string of the molecule is COc1cc(CNC(=O)c2csc([N+](=O)[O-])c2)ccc1O. The van der Waals surface area contributed by atoms with Crippen LogP contribution < -0.4 is 10.1 Å². The highest BCUT2D eigenvalue weighted by atomic mass is 32.1. The molecule has 1 aromatic carbocycles. The molecule has 0 spiro atoms. The second-order valence-electron chi connectivity index (χ2n) is 4.12. The van der Waals surface area contributed by atoms with Gasteiger partial charge in [0.2, 0.25) is 0 Å². The van der Waals surface area contributed by atoms with Gasteiger partial charge >= 0.3 is 5.00 Å². The van der Waals surface area contributed by atoms with E-state index in [1.165, 1.54) is 24.6 Å². The number of amides is 1. The van der Waals surface area contributed by atoms with E-state index in [0.717, 1.165) is 16.9 Å². The summed E-state index contributed by atoms with van der Waals surface area (Å²) in [4.78, 5) is 21.9. The van der Waals surface area contributed by atoms with Crippen LogP contribution in [-0.2, 0) is 6.54 Å².